The average Bonchev–Trinajstić information content (AvgIpc) is 2.78. The number of nitrogens with zero attached hydrogens (tertiary/aromatic N) is 1. The number of aliphatic hydroxyl groups excluding tert-OH is 1. The summed E-state index contributed by atoms with van der Waals surface area (Å²) in [6.45, 7) is 1.95. The van der Waals surface area contributed by atoms with Crippen molar-refractivity contribution in [2.75, 3.05) is 18.0 Å². The van der Waals surface area contributed by atoms with E-state index in [2.05, 4.69) is 5.32 Å². The predicted octanol–water partition coefficient (Wildman–Crippen LogP) is 0.676. The standard InChI is InChI=1S/C14H17FN2O3/c1-9(18)7-16-14(20)10-5-13(19)17(8-10)12-4-2-3-11(15)6-12/h2-4,6,9-10,18H,5,7-8H2,1H3,(H,16,20). The number of hydrogen-bond donors (Lipinski definition) is 2. The minimum Gasteiger partial charge on any atom is -0.392 e. The van der Waals surface area contributed by atoms with E-state index < -0.39 is 17.8 Å². The molecule has 1 fully saturated rings. The van der Waals surface area contributed by atoms with Crippen LogP contribution in [0.5, 0.6) is 0 Å². The second kappa shape index (κ2) is 6.00. The van der Waals surface area contributed by atoms with Gasteiger partial charge in [-0.1, -0.05) is 6.07 Å². The normalized spacial score (nSPS) is 20.1. The van der Waals surface area contributed by atoms with Gasteiger partial charge in [0.1, 0.15) is 5.82 Å². The lowest BCUT2D eigenvalue weighted by Crippen LogP contribution is -2.36. The third-order valence-corrected chi connectivity index (χ3v) is 3.19. The van der Waals surface area contributed by atoms with Crippen molar-refractivity contribution in [2.24, 2.45) is 5.92 Å². The largest absolute Gasteiger partial charge is 0.392 e. The van der Waals surface area contributed by atoms with Crippen LogP contribution in [0.25, 0.3) is 0 Å². The van der Waals surface area contributed by atoms with Crippen molar-refractivity contribution in [3.8, 4) is 0 Å². The van der Waals surface area contributed by atoms with E-state index >= 15 is 0 Å². The maximum Gasteiger partial charge on any atom is 0.227 e. The van der Waals surface area contributed by atoms with Crippen LogP contribution in [-0.4, -0.2) is 36.1 Å². The first-order valence-electron chi connectivity index (χ1n) is 6.49. The Hall–Kier alpha value is -1.95. The Balaban J connectivity index is 2.02. The average molecular weight is 280 g/mol. The Labute approximate surface area is 116 Å². The summed E-state index contributed by atoms with van der Waals surface area (Å²) in [5.41, 5.74) is 0.459. The quantitative estimate of drug-likeness (QED) is 0.852. The number of amides is 2. The van der Waals surface area contributed by atoms with E-state index in [-0.39, 0.29) is 31.3 Å². The Morgan fingerprint density at radius 3 is 3.00 bits per heavy atom. The molecule has 0 saturated carbocycles. The van der Waals surface area contributed by atoms with Crippen LogP contribution in [-0.2, 0) is 9.59 Å². The molecule has 20 heavy (non-hydrogen) atoms. The van der Waals surface area contributed by atoms with E-state index in [0.29, 0.717) is 5.69 Å². The van der Waals surface area contributed by atoms with Gasteiger partial charge in [-0.2, -0.15) is 0 Å². The molecule has 1 aliphatic heterocycles. The van der Waals surface area contributed by atoms with Crippen LogP contribution in [0.3, 0.4) is 0 Å². The van der Waals surface area contributed by atoms with Crippen molar-refractivity contribution < 1.29 is 19.1 Å². The Morgan fingerprint density at radius 2 is 2.35 bits per heavy atom. The Bertz CT molecular complexity index is 519. The first-order valence-corrected chi connectivity index (χ1v) is 6.49. The maximum absolute atomic E-state index is 13.2. The number of carbonyl (C=O) groups is 2. The number of halogens is 1. The lowest BCUT2D eigenvalue weighted by molar-refractivity contribution is -0.126. The molecule has 2 atom stereocenters. The van der Waals surface area contributed by atoms with Crippen molar-refractivity contribution in [3.63, 3.8) is 0 Å². The number of hydrogen-bond acceptors (Lipinski definition) is 3. The molecule has 1 heterocycles. The van der Waals surface area contributed by atoms with Gasteiger partial charge in [-0.15, -0.1) is 0 Å². The summed E-state index contributed by atoms with van der Waals surface area (Å²) in [4.78, 5) is 25.2. The van der Waals surface area contributed by atoms with Gasteiger partial charge in [0.05, 0.1) is 12.0 Å². The molecule has 1 aromatic carbocycles. The number of carbonyl (C=O) groups excluding carboxylic acids is 2. The van der Waals surface area contributed by atoms with E-state index in [1.165, 1.54) is 23.1 Å². The Morgan fingerprint density at radius 1 is 1.60 bits per heavy atom. The number of aliphatic hydroxyl groups is 1. The molecule has 2 amide bonds. The Kier molecular flexibility index (Phi) is 4.34. The summed E-state index contributed by atoms with van der Waals surface area (Å²) in [5, 5.41) is 11.7. The second-order valence-corrected chi connectivity index (χ2v) is 4.98. The van der Waals surface area contributed by atoms with Crippen LogP contribution in [0.2, 0.25) is 0 Å². The lowest BCUT2D eigenvalue weighted by atomic mass is 10.1. The van der Waals surface area contributed by atoms with E-state index in [9.17, 15) is 14.0 Å². The van der Waals surface area contributed by atoms with Crippen LogP contribution in [0, 0.1) is 11.7 Å². The summed E-state index contributed by atoms with van der Waals surface area (Å²) in [6.07, 6.45) is -0.530. The fraction of sp³-hybridized carbons (Fsp3) is 0.429. The molecular formula is C14H17FN2O3. The highest BCUT2D eigenvalue weighted by atomic mass is 19.1. The van der Waals surface area contributed by atoms with Crippen molar-refractivity contribution in [1.29, 1.82) is 0 Å². The van der Waals surface area contributed by atoms with E-state index in [1.807, 2.05) is 0 Å². The van der Waals surface area contributed by atoms with Gasteiger partial charge in [-0.3, -0.25) is 9.59 Å². The summed E-state index contributed by atoms with van der Waals surface area (Å²) in [5.74, 6) is -1.35. The highest BCUT2D eigenvalue weighted by Gasteiger charge is 2.35. The zero-order valence-electron chi connectivity index (χ0n) is 11.2. The molecule has 1 saturated heterocycles. The monoisotopic (exact) mass is 280 g/mol. The minimum absolute atomic E-state index is 0.0994. The third kappa shape index (κ3) is 3.33. The number of nitrogens with one attached hydrogen (secondary N) is 1. The van der Waals surface area contributed by atoms with Gasteiger partial charge in [0.25, 0.3) is 0 Å². The first-order chi connectivity index (χ1) is 9.47. The van der Waals surface area contributed by atoms with Crippen molar-refractivity contribution in [2.45, 2.75) is 19.4 Å². The lowest BCUT2D eigenvalue weighted by Gasteiger charge is -2.17. The molecule has 2 rings (SSSR count). The summed E-state index contributed by atoms with van der Waals surface area (Å²) in [7, 11) is 0. The predicted molar refractivity (Wildman–Crippen MR) is 71.6 cm³/mol. The molecule has 0 bridgehead atoms. The molecular weight excluding hydrogens is 263 g/mol. The SMILES string of the molecule is CC(O)CNC(=O)C1CC(=O)N(c2cccc(F)c2)C1. The molecule has 1 aromatic rings. The topological polar surface area (TPSA) is 69.6 Å². The zero-order valence-corrected chi connectivity index (χ0v) is 11.2. The van der Waals surface area contributed by atoms with E-state index in [4.69, 9.17) is 5.11 Å². The van der Waals surface area contributed by atoms with Gasteiger partial charge < -0.3 is 15.3 Å². The molecule has 0 aliphatic carbocycles. The van der Waals surface area contributed by atoms with Crippen molar-refractivity contribution in [1.82, 2.24) is 5.32 Å². The molecule has 1 aliphatic rings. The van der Waals surface area contributed by atoms with Crippen LogP contribution >= 0.6 is 0 Å². The number of anilines is 1. The molecule has 2 N–H and O–H groups in total. The van der Waals surface area contributed by atoms with Crippen molar-refractivity contribution in [3.05, 3.63) is 30.1 Å². The van der Waals surface area contributed by atoms with Gasteiger partial charge >= 0.3 is 0 Å². The summed E-state index contributed by atoms with van der Waals surface area (Å²) in [6, 6.07) is 5.74. The van der Waals surface area contributed by atoms with Gasteiger partial charge in [0.15, 0.2) is 0 Å². The maximum atomic E-state index is 13.2. The van der Waals surface area contributed by atoms with Crippen LogP contribution < -0.4 is 10.2 Å². The van der Waals surface area contributed by atoms with Crippen molar-refractivity contribution >= 4 is 17.5 Å². The molecule has 108 valence electrons. The minimum atomic E-state index is -0.629. The van der Waals surface area contributed by atoms with Gasteiger partial charge in [0, 0.05) is 25.2 Å². The van der Waals surface area contributed by atoms with Gasteiger partial charge in [0.2, 0.25) is 11.8 Å². The number of benzene rings is 1. The molecule has 5 nitrogen and oxygen atoms in total. The fourth-order valence-electron chi connectivity index (χ4n) is 2.17. The highest BCUT2D eigenvalue weighted by molar-refractivity contribution is 6.00. The van der Waals surface area contributed by atoms with Crippen LogP contribution in [0.4, 0.5) is 10.1 Å². The first kappa shape index (κ1) is 14.5. The smallest absolute Gasteiger partial charge is 0.227 e. The van der Waals surface area contributed by atoms with E-state index in [0.717, 1.165) is 0 Å². The highest BCUT2D eigenvalue weighted by Crippen LogP contribution is 2.25. The number of rotatable bonds is 4. The molecule has 6 heteroatoms. The summed E-state index contributed by atoms with van der Waals surface area (Å²) >= 11 is 0. The fourth-order valence-corrected chi connectivity index (χ4v) is 2.17. The molecule has 0 aromatic heterocycles. The zero-order chi connectivity index (χ0) is 14.7. The van der Waals surface area contributed by atoms with Crippen LogP contribution in [0.15, 0.2) is 24.3 Å². The molecule has 0 radical (unpaired) electrons. The van der Waals surface area contributed by atoms with Crippen LogP contribution in [0.1, 0.15) is 13.3 Å². The molecule has 0 spiro atoms. The molecule has 2 unspecified atom stereocenters. The second-order valence-electron chi connectivity index (χ2n) is 4.98. The van der Waals surface area contributed by atoms with E-state index in [1.54, 1.807) is 13.0 Å². The third-order valence-electron chi connectivity index (χ3n) is 3.19. The summed E-state index contributed by atoms with van der Waals surface area (Å²) < 4.78 is 13.2. The van der Waals surface area contributed by atoms with Gasteiger partial charge in [-0.25, -0.2) is 4.39 Å². The van der Waals surface area contributed by atoms with Gasteiger partial charge in [-0.05, 0) is 25.1 Å².